The summed E-state index contributed by atoms with van der Waals surface area (Å²) in [5.41, 5.74) is -0.397. The molecule has 1 rings (SSSR count). The molecule has 10 heavy (non-hydrogen) atoms. The number of rotatable bonds is 2. The summed E-state index contributed by atoms with van der Waals surface area (Å²) in [6.45, 7) is 2.16. The van der Waals surface area contributed by atoms with E-state index in [4.69, 9.17) is 6.42 Å². The van der Waals surface area contributed by atoms with E-state index in [1.54, 1.807) is 0 Å². The number of aliphatic hydroxyl groups is 1. The summed E-state index contributed by atoms with van der Waals surface area (Å²) in [5, 5.41) is 9.62. The molecule has 0 aromatic carbocycles. The zero-order valence-corrected chi connectivity index (χ0v) is 6.43. The van der Waals surface area contributed by atoms with Crippen LogP contribution < -0.4 is 0 Å². The van der Waals surface area contributed by atoms with Gasteiger partial charge in [0.15, 0.2) is 0 Å². The molecule has 0 aromatic rings. The first-order valence-corrected chi connectivity index (χ1v) is 3.82. The molecule has 56 valence electrons. The second-order valence-corrected chi connectivity index (χ2v) is 3.44. The molecule has 0 amide bonds. The normalized spacial score (nSPS) is 38.3. The summed E-state index contributed by atoms with van der Waals surface area (Å²) in [6.07, 6.45) is 8.46. The summed E-state index contributed by atoms with van der Waals surface area (Å²) in [6, 6.07) is 0. The van der Waals surface area contributed by atoms with Crippen molar-refractivity contribution >= 4 is 0 Å². The van der Waals surface area contributed by atoms with Gasteiger partial charge in [-0.2, -0.15) is 0 Å². The molecule has 1 aliphatic rings. The molecule has 0 aliphatic heterocycles. The average molecular weight is 138 g/mol. The van der Waals surface area contributed by atoms with Crippen molar-refractivity contribution in [3.63, 3.8) is 0 Å². The van der Waals surface area contributed by atoms with Crippen LogP contribution in [0.3, 0.4) is 0 Å². The molecule has 0 saturated heterocycles. The largest absolute Gasteiger partial charge is 0.390 e. The minimum Gasteiger partial charge on any atom is -0.390 e. The van der Waals surface area contributed by atoms with Crippen LogP contribution in [-0.2, 0) is 0 Å². The monoisotopic (exact) mass is 138 g/mol. The lowest BCUT2D eigenvalue weighted by Crippen LogP contribution is -2.42. The predicted molar refractivity (Wildman–Crippen MR) is 41.4 cm³/mol. The lowest BCUT2D eigenvalue weighted by Gasteiger charge is -2.41. The third kappa shape index (κ3) is 1.52. The Morgan fingerprint density at radius 3 is 2.70 bits per heavy atom. The van der Waals surface area contributed by atoms with Crippen LogP contribution in [0.1, 0.15) is 32.6 Å². The summed E-state index contributed by atoms with van der Waals surface area (Å²) in [4.78, 5) is 0. The Labute approximate surface area is 62.4 Å². The molecule has 1 aliphatic carbocycles. The number of hydrogen-bond donors (Lipinski definition) is 1. The molecule has 0 aromatic heterocycles. The summed E-state index contributed by atoms with van der Waals surface area (Å²) < 4.78 is 0. The molecule has 0 spiro atoms. The molecule has 0 bridgehead atoms. The maximum Gasteiger partial charge on any atom is 0.0662 e. The zero-order chi connectivity index (χ0) is 7.61. The average Bonchev–Trinajstić information content (AvgIpc) is 1.81. The minimum absolute atomic E-state index is 0.397. The summed E-state index contributed by atoms with van der Waals surface area (Å²) in [5.74, 6) is 3.24. The van der Waals surface area contributed by atoms with Gasteiger partial charge < -0.3 is 5.11 Å². The summed E-state index contributed by atoms with van der Waals surface area (Å²) in [7, 11) is 0. The Kier molecular flexibility index (Phi) is 2.01. The first-order chi connectivity index (χ1) is 4.66. The van der Waals surface area contributed by atoms with E-state index in [0.717, 1.165) is 19.3 Å². The smallest absolute Gasteiger partial charge is 0.0662 e. The fourth-order valence-corrected chi connectivity index (χ4v) is 1.75. The molecule has 0 radical (unpaired) electrons. The van der Waals surface area contributed by atoms with E-state index in [1.807, 2.05) is 0 Å². The van der Waals surface area contributed by atoms with E-state index in [9.17, 15) is 5.11 Å². The molecule has 0 unspecified atom stereocenters. The minimum atomic E-state index is -0.397. The summed E-state index contributed by atoms with van der Waals surface area (Å²) >= 11 is 0. The molecule has 1 fully saturated rings. The molecule has 1 nitrogen and oxygen atoms in total. The third-order valence-corrected chi connectivity index (χ3v) is 2.19. The van der Waals surface area contributed by atoms with Gasteiger partial charge in [0.2, 0.25) is 0 Å². The Bertz CT molecular complexity index is 149. The van der Waals surface area contributed by atoms with Crippen LogP contribution in [0.15, 0.2) is 0 Å². The van der Waals surface area contributed by atoms with E-state index in [0.29, 0.717) is 12.3 Å². The Morgan fingerprint density at radius 2 is 2.30 bits per heavy atom. The fraction of sp³-hybridized carbons (Fsp3) is 0.778. The van der Waals surface area contributed by atoms with Crippen molar-refractivity contribution in [2.75, 3.05) is 0 Å². The van der Waals surface area contributed by atoms with Gasteiger partial charge in [-0.15, -0.1) is 12.3 Å². The van der Waals surface area contributed by atoms with E-state index >= 15 is 0 Å². The highest BCUT2D eigenvalue weighted by Crippen LogP contribution is 2.40. The van der Waals surface area contributed by atoms with Crippen molar-refractivity contribution < 1.29 is 5.11 Å². The van der Waals surface area contributed by atoms with Crippen LogP contribution in [-0.4, -0.2) is 10.7 Å². The Hall–Kier alpha value is -0.480. The lowest BCUT2D eigenvalue weighted by molar-refractivity contribution is -0.0723. The lowest BCUT2D eigenvalue weighted by atomic mass is 9.70. The second-order valence-electron chi connectivity index (χ2n) is 3.44. The maximum absolute atomic E-state index is 9.62. The highest BCUT2D eigenvalue weighted by Gasteiger charge is 2.38. The van der Waals surface area contributed by atoms with Crippen LogP contribution >= 0.6 is 0 Å². The highest BCUT2D eigenvalue weighted by molar-refractivity contribution is 4.96. The van der Waals surface area contributed by atoms with Crippen LogP contribution in [0.4, 0.5) is 0 Å². The molecule has 1 N–H and O–H groups in total. The molecular formula is C9H14O. The van der Waals surface area contributed by atoms with Gasteiger partial charge in [-0.3, -0.25) is 0 Å². The fourth-order valence-electron chi connectivity index (χ4n) is 1.75. The standard InChI is InChI=1S/C9H14O/c1-3-4-5-9(10)6-8(2)7-9/h1,8,10H,4-7H2,2H3. The van der Waals surface area contributed by atoms with E-state index in [-0.39, 0.29) is 0 Å². The van der Waals surface area contributed by atoms with Crippen molar-refractivity contribution in [2.45, 2.75) is 38.2 Å². The highest BCUT2D eigenvalue weighted by atomic mass is 16.3. The van der Waals surface area contributed by atoms with Gasteiger partial charge in [-0.25, -0.2) is 0 Å². The maximum atomic E-state index is 9.62. The Morgan fingerprint density at radius 1 is 1.70 bits per heavy atom. The van der Waals surface area contributed by atoms with Crippen LogP contribution in [0, 0.1) is 18.3 Å². The van der Waals surface area contributed by atoms with E-state index in [2.05, 4.69) is 12.8 Å². The van der Waals surface area contributed by atoms with Crippen molar-refractivity contribution in [2.24, 2.45) is 5.92 Å². The first kappa shape index (κ1) is 7.63. The van der Waals surface area contributed by atoms with Crippen molar-refractivity contribution in [3.05, 3.63) is 0 Å². The van der Waals surface area contributed by atoms with Gasteiger partial charge in [0.1, 0.15) is 0 Å². The number of hydrogen-bond acceptors (Lipinski definition) is 1. The van der Waals surface area contributed by atoms with Gasteiger partial charge in [-0.05, 0) is 25.2 Å². The van der Waals surface area contributed by atoms with Crippen molar-refractivity contribution in [3.8, 4) is 12.3 Å². The van der Waals surface area contributed by atoms with Crippen molar-refractivity contribution in [1.82, 2.24) is 0 Å². The van der Waals surface area contributed by atoms with Gasteiger partial charge in [0.05, 0.1) is 5.60 Å². The van der Waals surface area contributed by atoms with Crippen LogP contribution in [0.25, 0.3) is 0 Å². The molecule has 0 atom stereocenters. The number of terminal acetylenes is 1. The van der Waals surface area contributed by atoms with Gasteiger partial charge in [0.25, 0.3) is 0 Å². The molecular weight excluding hydrogens is 124 g/mol. The zero-order valence-electron chi connectivity index (χ0n) is 6.43. The quantitative estimate of drug-likeness (QED) is 0.574. The van der Waals surface area contributed by atoms with Gasteiger partial charge in [0, 0.05) is 6.42 Å². The first-order valence-electron chi connectivity index (χ1n) is 3.82. The van der Waals surface area contributed by atoms with E-state index < -0.39 is 5.60 Å². The third-order valence-electron chi connectivity index (χ3n) is 2.19. The van der Waals surface area contributed by atoms with E-state index in [1.165, 1.54) is 0 Å². The second kappa shape index (κ2) is 2.64. The van der Waals surface area contributed by atoms with Gasteiger partial charge in [-0.1, -0.05) is 6.92 Å². The molecule has 1 saturated carbocycles. The molecule has 0 heterocycles. The topological polar surface area (TPSA) is 20.2 Å². The van der Waals surface area contributed by atoms with Crippen LogP contribution in [0.5, 0.6) is 0 Å². The SMILES string of the molecule is C#CCCC1(O)CC(C)C1. The van der Waals surface area contributed by atoms with Crippen molar-refractivity contribution in [1.29, 1.82) is 0 Å². The Balaban J connectivity index is 2.22. The van der Waals surface area contributed by atoms with Crippen LogP contribution in [0.2, 0.25) is 0 Å². The predicted octanol–water partition coefficient (Wildman–Crippen LogP) is 1.56. The van der Waals surface area contributed by atoms with Gasteiger partial charge >= 0.3 is 0 Å². The molecule has 1 heteroatoms.